The number of hydrogen-bond donors (Lipinski definition) is 3. The fourth-order valence-corrected chi connectivity index (χ4v) is 8.35. The van der Waals surface area contributed by atoms with Gasteiger partial charge in [0.15, 0.2) is 0 Å². The van der Waals surface area contributed by atoms with Crippen molar-refractivity contribution in [1.29, 1.82) is 0 Å². The Morgan fingerprint density at radius 2 is 1.97 bits per heavy atom. The molecule has 4 rings (SSSR count). The lowest BCUT2D eigenvalue weighted by Gasteiger charge is -2.37. The summed E-state index contributed by atoms with van der Waals surface area (Å²) in [5.74, 6) is -1.15. The fourth-order valence-electron chi connectivity index (χ4n) is 6.15. The number of amides is 3. The van der Waals surface area contributed by atoms with Crippen molar-refractivity contribution in [3.63, 3.8) is 0 Å². The zero-order valence-electron chi connectivity index (χ0n) is 18.1. The lowest BCUT2D eigenvalue weighted by atomic mass is 9.70. The van der Waals surface area contributed by atoms with Crippen LogP contribution < -0.4 is 10.6 Å². The van der Waals surface area contributed by atoms with E-state index in [0.717, 1.165) is 44.9 Å². The number of carbonyl (C=O) groups is 3. The number of likely N-dealkylation sites (tertiary alicyclic amines) is 1. The molecule has 0 radical (unpaired) electrons. The van der Waals surface area contributed by atoms with Gasteiger partial charge in [0.25, 0.3) is 0 Å². The second-order valence-electron chi connectivity index (χ2n) is 9.47. The molecule has 0 aromatic heterocycles. The first-order chi connectivity index (χ1) is 14.4. The van der Waals surface area contributed by atoms with Crippen molar-refractivity contribution in [1.82, 2.24) is 15.5 Å². The van der Waals surface area contributed by atoms with Crippen LogP contribution in [-0.2, 0) is 14.4 Å². The molecule has 8 heteroatoms. The Morgan fingerprint density at radius 3 is 2.63 bits per heavy atom. The standard InChI is InChI=1S/C22H35N3O4S/c1-3-11-23-19(27)16-15-9-10-22(30-15)17(16)21(29)25(13(2)12-26)18(22)20(28)24-14-7-5-4-6-8-14/h13-18,26H,3-12H2,1-2H3,(H,23,27)(H,24,28)/t13-,15-,16+,17+,18?,22?/m1/s1. The minimum absolute atomic E-state index is 0.0563. The lowest BCUT2D eigenvalue weighted by molar-refractivity contribution is -0.142. The highest BCUT2D eigenvalue weighted by atomic mass is 32.2. The van der Waals surface area contributed by atoms with Crippen molar-refractivity contribution in [2.45, 2.75) is 93.3 Å². The molecule has 2 bridgehead atoms. The summed E-state index contributed by atoms with van der Waals surface area (Å²) in [6, 6.07) is -0.896. The molecule has 2 unspecified atom stereocenters. The number of rotatable bonds is 7. The molecule has 0 aromatic rings. The van der Waals surface area contributed by atoms with Crippen LogP contribution in [0.5, 0.6) is 0 Å². The highest BCUT2D eigenvalue weighted by Gasteiger charge is 2.74. The molecule has 3 saturated heterocycles. The van der Waals surface area contributed by atoms with Gasteiger partial charge in [0.05, 0.1) is 29.2 Å². The SMILES string of the molecule is CCCNC(=O)[C@@H]1[C@H]2C(=O)N([C@H](C)CO)C(C(=O)NC3CCCCC3)C23CC[C@H]1S3. The Labute approximate surface area is 183 Å². The third-order valence-corrected chi connectivity index (χ3v) is 9.48. The van der Waals surface area contributed by atoms with E-state index in [2.05, 4.69) is 10.6 Å². The maximum absolute atomic E-state index is 13.6. The highest BCUT2D eigenvalue weighted by molar-refractivity contribution is 8.02. The van der Waals surface area contributed by atoms with E-state index in [4.69, 9.17) is 0 Å². The molecule has 1 saturated carbocycles. The zero-order valence-corrected chi connectivity index (χ0v) is 18.9. The van der Waals surface area contributed by atoms with Gasteiger partial charge in [0, 0.05) is 17.8 Å². The maximum atomic E-state index is 13.6. The Balaban J connectivity index is 1.64. The molecule has 3 heterocycles. The van der Waals surface area contributed by atoms with Gasteiger partial charge in [-0.25, -0.2) is 0 Å². The van der Waals surface area contributed by atoms with Crippen LogP contribution in [0.15, 0.2) is 0 Å². The average molecular weight is 438 g/mol. The second kappa shape index (κ2) is 8.69. The minimum atomic E-state index is -0.613. The van der Waals surface area contributed by atoms with Crippen molar-refractivity contribution in [2.75, 3.05) is 13.2 Å². The van der Waals surface area contributed by atoms with Gasteiger partial charge in [0.2, 0.25) is 17.7 Å². The lowest BCUT2D eigenvalue weighted by Crippen LogP contribution is -2.57. The second-order valence-corrected chi connectivity index (χ2v) is 11.1. The van der Waals surface area contributed by atoms with E-state index >= 15 is 0 Å². The molecule has 168 valence electrons. The molecule has 3 N–H and O–H groups in total. The van der Waals surface area contributed by atoms with Crippen LogP contribution in [0.2, 0.25) is 0 Å². The molecule has 3 amide bonds. The summed E-state index contributed by atoms with van der Waals surface area (Å²) in [5.41, 5.74) is 0. The Morgan fingerprint density at radius 1 is 1.23 bits per heavy atom. The summed E-state index contributed by atoms with van der Waals surface area (Å²) >= 11 is 1.69. The predicted molar refractivity (Wildman–Crippen MR) is 116 cm³/mol. The van der Waals surface area contributed by atoms with Gasteiger partial charge in [-0.1, -0.05) is 26.2 Å². The van der Waals surface area contributed by atoms with Crippen molar-refractivity contribution in [2.24, 2.45) is 11.8 Å². The van der Waals surface area contributed by atoms with Crippen molar-refractivity contribution < 1.29 is 19.5 Å². The number of hydrogen-bond acceptors (Lipinski definition) is 5. The van der Waals surface area contributed by atoms with E-state index in [-0.39, 0.29) is 41.5 Å². The smallest absolute Gasteiger partial charge is 0.244 e. The molecule has 7 nitrogen and oxygen atoms in total. The van der Waals surface area contributed by atoms with Gasteiger partial charge in [0.1, 0.15) is 6.04 Å². The normalized spacial score (nSPS) is 36.6. The Kier molecular flexibility index (Phi) is 6.35. The van der Waals surface area contributed by atoms with E-state index in [1.54, 1.807) is 23.6 Å². The van der Waals surface area contributed by atoms with E-state index < -0.39 is 22.7 Å². The van der Waals surface area contributed by atoms with Gasteiger partial charge in [-0.05, 0) is 39.0 Å². The Hall–Kier alpha value is -1.28. The molecule has 4 fully saturated rings. The quantitative estimate of drug-likeness (QED) is 0.560. The number of nitrogens with zero attached hydrogens (tertiary/aromatic N) is 1. The molecule has 6 atom stereocenters. The maximum Gasteiger partial charge on any atom is 0.244 e. The van der Waals surface area contributed by atoms with Crippen LogP contribution in [0.1, 0.15) is 65.2 Å². The number of aliphatic hydroxyl groups is 1. The zero-order chi connectivity index (χ0) is 21.5. The van der Waals surface area contributed by atoms with Crippen LogP contribution in [0.25, 0.3) is 0 Å². The largest absolute Gasteiger partial charge is 0.394 e. The van der Waals surface area contributed by atoms with Gasteiger partial charge in [-0.2, -0.15) is 0 Å². The highest BCUT2D eigenvalue weighted by Crippen LogP contribution is 2.66. The molecule has 4 aliphatic rings. The van der Waals surface area contributed by atoms with Gasteiger partial charge >= 0.3 is 0 Å². The van der Waals surface area contributed by atoms with Gasteiger partial charge < -0.3 is 20.6 Å². The number of nitrogens with one attached hydrogen (secondary N) is 2. The Bertz CT molecular complexity index is 698. The van der Waals surface area contributed by atoms with E-state index in [9.17, 15) is 19.5 Å². The van der Waals surface area contributed by atoms with Crippen molar-refractivity contribution >= 4 is 29.5 Å². The average Bonchev–Trinajstić information content (AvgIpc) is 3.39. The van der Waals surface area contributed by atoms with Crippen LogP contribution in [0.3, 0.4) is 0 Å². The van der Waals surface area contributed by atoms with Gasteiger partial charge in [-0.15, -0.1) is 11.8 Å². The van der Waals surface area contributed by atoms with Crippen LogP contribution >= 0.6 is 11.8 Å². The fraction of sp³-hybridized carbons (Fsp3) is 0.864. The van der Waals surface area contributed by atoms with Gasteiger partial charge in [-0.3, -0.25) is 14.4 Å². The number of thioether (sulfide) groups is 1. The van der Waals surface area contributed by atoms with E-state index in [1.807, 2.05) is 6.92 Å². The summed E-state index contributed by atoms with van der Waals surface area (Å²) in [6.45, 7) is 4.21. The summed E-state index contributed by atoms with van der Waals surface area (Å²) < 4.78 is -0.557. The monoisotopic (exact) mass is 437 g/mol. The third-order valence-electron chi connectivity index (χ3n) is 7.53. The number of carbonyl (C=O) groups excluding carboxylic acids is 3. The number of fused-ring (bicyclic) bond motifs is 1. The molecule has 3 aliphatic heterocycles. The summed E-state index contributed by atoms with van der Waals surface area (Å²) in [6.07, 6.45) is 7.89. The summed E-state index contributed by atoms with van der Waals surface area (Å²) in [4.78, 5) is 41.8. The van der Waals surface area contributed by atoms with Crippen LogP contribution in [-0.4, -0.2) is 69.0 Å². The predicted octanol–water partition coefficient (Wildman–Crippen LogP) is 1.43. The first kappa shape index (κ1) is 21.9. The summed E-state index contributed by atoms with van der Waals surface area (Å²) in [5, 5.41) is 16.1. The topological polar surface area (TPSA) is 98.7 Å². The molecular formula is C22H35N3O4S. The molecule has 1 aliphatic carbocycles. The van der Waals surface area contributed by atoms with E-state index in [0.29, 0.717) is 6.54 Å². The number of aliphatic hydroxyl groups excluding tert-OH is 1. The van der Waals surface area contributed by atoms with Crippen LogP contribution in [0.4, 0.5) is 0 Å². The molecule has 0 aromatic carbocycles. The first-order valence-corrected chi connectivity index (χ1v) is 12.5. The molecule has 1 spiro atoms. The molecular weight excluding hydrogens is 402 g/mol. The molecule has 30 heavy (non-hydrogen) atoms. The van der Waals surface area contributed by atoms with Crippen LogP contribution in [0, 0.1) is 11.8 Å². The minimum Gasteiger partial charge on any atom is -0.394 e. The first-order valence-electron chi connectivity index (χ1n) is 11.6. The third kappa shape index (κ3) is 3.44. The summed E-state index contributed by atoms with van der Waals surface area (Å²) in [7, 11) is 0. The van der Waals surface area contributed by atoms with Crippen molar-refractivity contribution in [3.8, 4) is 0 Å². The van der Waals surface area contributed by atoms with E-state index in [1.165, 1.54) is 6.42 Å². The van der Waals surface area contributed by atoms with Crippen molar-refractivity contribution in [3.05, 3.63) is 0 Å².